The van der Waals surface area contributed by atoms with Crippen LogP contribution in [0, 0.1) is 5.92 Å². The number of carbonyl (C=O) groups excluding carboxylic acids is 2. The highest BCUT2D eigenvalue weighted by molar-refractivity contribution is 6.35. The first kappa shape index (κ1) is 19.5. The predicted molar refractivity (Wildman–Crippen MR) is 102 cm³/mol. The van der Waals surface area contributed by atoms with E-state index < -0.39 is 17.5 Å². The maximum absolute atomic E-state index is 12.6. The maximum Gasteiger partial charge on any atom is 0.343 e. The van der Waals surface area contributed by atoms with Crippen LogP contribution >= 0.6 is 23.2 Å². The van der Waals surface area contributed by atoms with Crippen molar-refractivity contribution < 1.29 is 19.1 Å². The number of aromatic nitrogens is 2. The van der Waals surface area contributed by atoms with Crippen molar-refractivity contribution in [3.8, 4) is 5.69 Å². The topological polar surface area (TPSA) is 70.4 Å². The molecule has 2 aromatic rings. The van der Waals surface area contributed by atoms with Crippen LogP contribution in [0.2, 0.25) is 10.0 Å². The van der Waals surface area contributed by atoms with E-state index in [9.17, 15) is 9.59 Å². The summed E-state index contributed by atoms with van der Waals surface area (Å²) in [4.78, 5) is 24.7. The molecule has 0 unspecified atom stereocenters. The van der Waals surface area contributed by atoms with Gasteiger partial charge in [-0.3, -0.25) is 4.79 Å². The molecule has 0 fully saturated rings. The molecule has 0 bridgehead atoms. The van der Waals surface area contributed by atoms with Gasteiger partial charge in [0.25, 0.3) is 0 Å². The molecule has 27 heavy (non-hydrogen) atoms. The highest BCUT2D eigenvalue weighted by Gasteiger charge is 2.45. The van der Waals surface area contributed by atoms with Gasteiger partial charge in [-0.25, -0.2) is 9.48 Å². The fourth-order valence-corrected chi connectivity index (χ4v) is 2.99. The third-order valence-electron chi connectivity index (χ3n) is 4.03. The largest absolute Gasteiger partial charge is 0.448 e. The van der Waals surface area contributed by atoms with Gasteiger partial charge in [0.05, 0.1) is 22.8 Å². The van der Waals surface area contributed by atoms with Crippen molar-refractivity contribution in [1.82, 2.24) is 9.78 Å². The lowest BCUT2D eigenvalue weighted by molar-refractivity contribution is -0.151. The Bertz CT molecular complexity index is 960. The SMILES string of the molecule is CC(C)C(=O)OC1=C(c2cc(-n3cc(Cl)cn3)ccc2Cl)C(=O)OC1(C)C. The minimum atomic E-state index is -1.09. The molecule has 0 amide bonds. The second-order valence-electron chi connectivity index (χ2n) is 6.95. The standard InChI is InChI=1S/C19H18Cl2N2O4/c1-10(2)17(24)26-16-15(18(25)27-19(16,3)4)13-7-12(5-6-14(13)21)23-9-11(20)8-22-23/h5-10H,1-4H3. The average molecular weight is 409 g/mol. The summed E-state index contributed by atoms with van der Waals surface area (Å²) < 4.78 is 12.5. The Morgan fingerprint density at radius 1 is 1.30 bits per heavy atom. The molecule has 8 heteroatoms. The predicted octanol–water partition coefficient (Wildman–Crippen LogP) is 4.42. The summed E-state index contributed by atoms with van der Waals surface area (Å²) in [5.74, 6) is -1.29. The number of rotatable bonds is 4. The van der Waals surface area contributed by atoms with Crippen LogP contribution in [0.15, 0.2) is 36.4 Å². The van der Waals surface area contributed by atoms with E-state index in [2.05, 4.69) is 5.10 Å². The molecule has 1 aliphatic heterocycles. The number of halogens is 2. The smallest absolute Gasteiger partial charge is 0.343 e. The molecule has 2 heterocycles. The van der Waals surface area contributed by atoms with Gasteiger partial charge in [0, 0.05) is 16.8 Å². The summed E-state index contributed by atoms with van der Waals surface area (Å²) in [7, 11) is 0. The van der Waals surface area contributed by atoms with E-state index in [4.69, 9.17) is 32.7 Å². The van der Waals surface area contributed by atoms with Crippen LogP contribution < -0.4 is 0 Å². The number of carbonyl (C=O) groups is 2. The molecule has 0 aliphatic carbocycles. The van der Waals surface area contributed by atoms with Crippen molar-refractivity contribution in [3.05, 3.63) is 52.0 Å². The Balaban J connectivity index is 2.16. The minimum absolute atomic E-state index is 0.124. The number of benzene rings is 1. The van der Waals surface area contributed by atoms with Crippen molar-refractivity contribution >= 4 is 40.7 Å². The molecule has 1 aromatic heterocycles. The van der Waals surface area contributed by atoms with Gasteiger partial charge in [-0.15, -0.1) is 0 Å². The Morgan fingerprint density at radius 2 is 2.00 bits per heavy atom. The number of hydrogen-bond acceptors (Lipinski definition) is 5. The first-order chi connectivity index (χ1) is 12.6. The molecule has 0 saturated carbocycles. The Hall–Kier alpha value is -2.31. The summed E-state index contributed by atoms with van der Waals surface area (Å²) in [5.41, 5.74) is 0.0635. The molecule has 0 atom stereocenters. The molecular formula is C19H18Cl2N2O4. The van der Waals surface area contributed by atoms with Crippen LogP contribution in [0.5, 0.6) is 0 Å². The fourth-order valence-electron chi connectivity index (χ4n) is 2.64. The van der Waals surface area contributed by atoms with E-state index in [0.29, 0.717) is 21.3 Å². The molecule has 1 aliphatic rings. The van der Waals surface area contributed by atoms with E-state index in [1.165, 1.54) is 6.20 Å². The third kappa shape index (κ3) is 3.73. The van der Waals surface area contributed by atoms with Crippen molar-refractivity contribution in [2.45, 2.75) is 33.3 Å². The maximum atomic E-state index is 12.6. The minimum Gasteiger partial charge on any atom is -0.448 e. The highest BCUT2D eigenvalue weighted by Crippen LogP contribution is 2.41. The van der Waals surface area contributed by atoms with Crippen molar-refractivity contribution in [2.24, 2.45) is 5.92 Å². The lowest BCUT2D eigenvalue weighted by Crippen LogP contribution is -2.27. The van der Waals surface area contributed by atoms with Crippen LogP contribution in [0.1, 0.15) is 33.3 Å². The number of nitrogens with zero attached hydrogens (tertiary/aromatic N) is 2. The lowest BCUT2D eigenvalue weighted by Gasteiger charge is -2.21. The first-order valence-electron chi connectivity index (χ1n) is 8.30. The Labute approximate surface area is 166 Å². The number of cyclic esters (lactones) is 1. The van der Waals surface area contributed by atoms with Crippen molar-refractivity contribution in [1.29, 1.82) is 0 Å². The first-order valence-corrected chi connectivity index (χ1v) is 9.06. The van der Waals surface area contributed by atoms with E-state index >= 15 is 0 Å². The van der Waals surface area contributed by atoms with E-state index in [0.717, 1.165) is 0 Å². The summed E-state index contributed by atoms with van der Waals surface area (Å²) in [6, 6.07) is 5.04. The molecule has 1 aromatic carbocycles. The average Bonchev–Trinajstić information content (AvgIpc) is 3.09. The van der Waals surface area contributed by atoms with Gasteiger partial charge in [-0.05, 0) is 32.0 Å². The quantitative estimate of drug-likeness (QED) is 0.699. The highest BCUT2D eigenvalue weighted by atomic mass is 35.5. The Morgan fingerprint density at radius 3 is 2.59 bits per heavy atom. The third-order valence-corrected chi connectivity index (χ3v) is 4.56. The van der Waals surface area contributed by atoms with Gasteiger partial charge in [0.2, 0.25) is 0 Å². The summed E-state index contributed by atoms with van der Waals surface area (Å²) in [6.45, 7) is 6.74. The number of ether oxygens (including phenoxy) is 2. The van der Waals surface area contributed by atoms with Gasteiger partial charge in [0.1, 0.15) is 5.57 Å². The molecule has 6 nitrogen and oxygen atoms in total. The molecular weight excluding hydrogens is 391 g/mol. The van der Waals surface area contributed by atoms with Crippen LogP contribution in [0.25, 0.3) is 11.3 Å². The van der Waals surface area contributed by atoms with Crippen LogP contribution in [-0.4, -0.2) is 27.3 Å². The zero-order valence-electron chi connectivity index (χ0n) is 15.2. The van der Waals surface area contributed by atoms with E-state index in [1.807, 2.05) is 0 Å². The van der Waals surface area contributed by atoms with Gasteiger partial charge in [-0.1, -0.05) is 37.0 Å². The molecule has 0 saturated heterocycles. The molecule has 142 valence electrons. The van der Waals surface area contributed by atoms with Crippen LogP contribution in [0.3, 0.4) is 0 Å². The van der Waals surface area contributed by atoms with Gasteiger partial charge < -0.3 is 9.47 Å². The zero-order chi connectivity index (χ0) is 19.9. The second kappa shape index (κ2) is 7.02. The van der Waals surface area contributed by atoms with E-state index in [-0.39, 0.29) is 17.3 Å². The number of hydrogen-bond donors (Lipinski definition) is 0. The Kier molecular flexibility index (Phi) is 5.06. The molecule has 0 N–H and O–H groups in total. The lowest BCUT2D eigenvalue weighted by atomic mass is 9.99. The second-order valence-corrected chi connectivity index (χ2v) is 7.79. The molecule has 3 rings (SSSR count). The fraction of sp³-hybridized carbons (Fsp3) is 0.316. The zero-order valence-corrected chi connectivity index (χ0v) is 16.8. The number of esters is 2. The molecule has 0 radical (unpaired) electrons. The van der Waals surface area contributed by atoms with Gasteiger partial charge in [0.15, 0.2) is 11.4 Å². The monoisotopic (exact) mass is 408 g/mol. The summed E-state index contributed by atoms with van der Waals surface area (Å²) >= 11 is 12.3. The molecule has 0 spiro atoms. The van der Waals surface area contributed by atoms with E-state index in [1.54, 1.807) is 56.8 Å². The van der Waals surface area contributed by atoms with Crippen molar-refractivity contribution in [2.75, 3.05) is 0 Å². The van der Waals surface area contributed by atoms with Gasteiger partial charge in [-0.2, -0.15) is 5.10 Å². The summed E-state index contributed by atoms with van der Waals surface area (Å²) in [5, 5.41) is 4.94. The van der Waals surface area contributed by atoms with Crippen molar-refractivity contribution in [3.63, 3.8) is 0 Å². The van der Waals surface area contributed by atoms with Crippen LogP contribution in [0.4, 0.5) is 0 Å². The summed E-state index contributed by atoms with van der Waals surface area (Å²) in [6.07, 6.45) is 3.12. The normalized spacial score (nSPS) is 16.0. The van der Waals surface area contributed by atoms with Gasteiger partial charge >= 0.3 is 11.9 Å². The van der Waals surface area contributed by atoms with Crippen LogP contribution in [-0.2, 0) is 19.1 Å².